The zero-order valence-electron chi connectivity index (χ0n) is 27.3. The maximum Gasteiger partial charge on any atom is 0.337 e. The van der Waals surface area contributed by atoms with E-state index < -0.39 is 29.2 Å². The number of esters is 1. The van der Waals surface area contributed by atoms with Crippen LogP contribution in [0.2, 0.25) is 0 Å². The lowest BCUT2D eigenvalue weighted by molar-refractivity contribution is -0.386. The minimum atomic E-state index is -1.28. The zero-order valence-corrected chi connectivity index (χ0v) is 28.9. The number of urea groups is 1. The van der Waals surface area contributed by atoms with Crippen molar-refractivity contribution in [2.24, 2.45) is 5.10 Å². The summed E-state index contributed by atoms with van der Waals surface area (Å²) in [5, 5.41) is 33.8. The number of nitrogens with one attached hydrogen (secondary N) is 3. The Balaban J connectivity index is 1.23. The summed E-state index contributed by atoms with van der Waals surface area (Å²) in [4.78, 5) is 36.1. The topological polar surface area (TPSA) is 183 Å². The summed E-state index contributed by atoms with van der Waals surface area (Å²) in [6.07, 6.45) is 0.0415. The first kappa shape index (κ1) is 35.6. The van der Waals surface area contributed by atoms with E-state index in [1.165, 1.54) is 19.4 Å². The number of benzene rings is 4. The molecule has 0 saturated heterocycles. The van der Waals surface area contributed by atoms with Crippen LogP contribution in [0.5, 0.6) is 17.2 Å². The molecule has 0 bridgehead atoms. The number of rotatable bonds is 14. The number of aliphatic hydroxyl groups excluding tert-OH is 1. The van der Waals surface area contributed by atoms with Crippen molar-refractivity contribution in [3.8, 4) is 17.2 Å². The molecule has 1 aliphatic heterocycles. The first-order valence-corrected chi connectivity index (χ1v) is 16.2. The summed E-state index contributed by atoms with van der Waals surface area (Å²) in [6.45, 7) is 3.54. The summed E-state index contributed by atoms with van der Waals surface area (Å²) in [6, 6.07) is 20.2. The molecule has 2 atom stereocenters. The number of methoxy groups -OCH3 is 1. The van der Waals surface area contributed by atoms with E-state index in [2.05, 4.69) is 37.1 Å². The van der Waals surface area contributed by atoms with Crippen LogP contribution in [0.3, 0.4) is 0 Å². The predicted molar refractivity (Wildman–Crippen MR) is 188 cm³/mol. The molecule has 2 amide bonds. The predicted octanol–water partition coefficient (Wildman–Crippen LogP) is 5.61. The number of halogens is 1. The van der Waals surface area contributed by atoms with Gasteiger partial charge in [-0.15, -0.1) is 0 Å². The highest BCUT2D eigenvalue weighted by Crippen LogP contribution is 2.37. The van der Waals surface area contributed by atoms with Gasteiger partial charge in [-0.05, 0) is 69.9 Å². The second-order valence-corrected chi connectivity index (χ2v) is 11.8. The summed E-state index contributed by atoms with van der Waals surface area (Å²) in [7, 11) is 1.25. The maximum atomic E-state index is 12.5. The largest absolute Gasteiger partial charge is 0.490 e. The van der Waals surface area contributed by atoms with E-state index in [9.17, 15) is 24.8 Å². The third kappa shape index (κ3) is 8.30. The molecule has 260 valence electrons. The van der Waals surface area contributed by atoms with Gasteiger partial charge in [-0.3, -0.25) is 15.5 Å². The molecule has 4 aromatic carbocycles. The number of nitro benzene ring substituents is 1. The first-order valence-electron chi connectivity index (χ1n) is 15.4. The first-order chi connectivity index (χ1) is 24.1. The molecule has 5 rings (SSSR count). The van der Waals surface area contributed by atoms with Gasteiger partial charge < -0.3 is 34.7 Å². The van der Waals surface area contributed by atoms with Gasteiger partial charge in [-0.1, -0.05) is 48.5 Å². The van der Waals surface area contributed by atoms with Crippen LogP contribution in [0, 0.1) is 10.1 Å². The van der Waals surface area contributed by atoms with Crippen molar-refractivity contribution >= 4 is 50.6 Å². The molecule has 14 nitrogen and oxygen atoms in total. The molecule has 15 heteroatoms. The Kier molecular flexibility index (Phi) is 11.5. The molecule has 4 aromatic rings. The molecular formula is C35H34BrN5O9. The average Bonchev–Trinajstić information content (AvgIpc) is 3.09. The van der Waals surface area contributed by atoms with E-state index in [0.29, 0.717) is 32.8 Å². The van der Waals surface area contributed by atoms with Gasteiger partial charge in [0.25, 0.3) is 0 Å². The van der Waals surface area contributed by atoms with E-state index in [0.717, 1.165) is 16.3 Å². The third-order valence-corrected chi connectivity index (χ3v) is 8.19. The third-order valence-electron chi connectivity index (χ3n) is 7.60. The number of hydrogen-bond acceptors (Lipinski definition) is 11. The summed E-state index contributed by atoms with van der Waals surface area (Å²) in [5.74, 6) is 0.0823. The fraction of sp³-hybridized carbons (Fsp3) is 0.229. The van der Waals surface area contributed by atoms with E-state index in [-0.39, 0.29) is 36.8 Å². The number of fused-ring (bicyclic) bond motifs is 1. The normalized spacial score (nSPS) is 14.9. The number of nitro groups is 1. The van der Waals surface area contributed by atoms with Gasteiger partial charge in [0, 0.05) is 17.3 Å². The Morgan fingerprint density at radius 3 is 2.64 bits per heavy atom. The van der Waals surface area contributed by atoms with Crippen molar-refractivity contribution in [2.45, 2.75) is 32.7 Å². The molecule has 1 aliphatic rings. The minimum Gasteiger partial charge on any atom is -0.490 e. The number of carbonyl (C=O) groups is 2. The lowest BCUT2D eigenvalue weighted by Crippen LogP contribution is -2.45. The van der Waals surface area contributed by atoms with Crippen molar-refractivity contribution in [1.29, 1.82) is 0 Å². The monoisotopic (exact) mass is 747 g/mol. The number of nitrogens with zero attached hydrogens (tertiary/aromatic N) is 2. The van der Waals surface area contributed by atoms with Crippen molar-refractivity contribution in [3.63, 3.8) is 0 Å². The summed E-state index contributed by atoms with van der Waals surface area (Å²) >= 11 is 3.39. The second-order valence-electron chi connectivity index (χ2n) is 11.0. The smallest absolute Gasteiger partial charge is 0.337 e. The van der Waals surface area contributed by atoms with Gasteiger partial charge >= 0.3 is 17.7 Å². The van der Waals surface area contributed by atoms with Gasteiger partial charge in [0.05, 0.1) is 40.9 Å². The lowest BCUT2D eigenvalue weighted by atomic mass is 9.95. The summed E-state index contributed by atoms with van der Waals surface area (Å²) < 4.78 is 22.7. The van der Waals surface area contributed by atoms with E-state index >= 15 is 0 Å². The minimum absolute atomic E-state index is 0.0767. The molecule has 0 unspecified atom stereocenters. The standard InChI is InChI=1S/C35H34BrN5O9/c1-4-48-29-16-23(32-31(34(43)47-3)20(2)38-35(44)39-32)12-13-28(29)49-19-30(42)40-37-17-21-14-26(36)33(27(15-21)41(45)46)50-18-24-10-7-9-22-8-5-6-11-25(22)24/h5-17,30,32,40,42H,4,18-19H2,1-3H3,(H2,38,39,44)/b37-17+/t30-,32+/m1/s1. The van der Waals surface area contributed by atoms with Crippen LogP contribution in [-0.2, 0) is 16.1 Å². The van der Waals surface area contributed by atoms with Crippen LogP contribution in [0.15, 0.2) is 93.6 Å². The highest BCUT2D eigenvalue weighted by Gasteiger charge is 2.32. The van der Waals surface area contributed by atoms with Gasteiger partial charge in [-0.2, -0.15) is 5.10 Å². The van der Waals surface area contributed by atoms with Crippen LogP contribution >= 0.6 is 15.9 Å². The van der Waals surface area contributed by atoms with Gasteiger partial charge in [0.2, 0.25) is 5.75 Å². The Morgan fingerprint density at radius 1 is 1.10 bits per heavy atom. The molecule has 0 aliphatic carbocycles. The molecule has 0 fully saturated rings. The van der Waals surface area contributed by atoms with Gasteiger partial charge in [0.15, 0.2) is 17.7 Å². The summed E-state index contributed by atoms with van der Waals surface area (Å²) in [5.41, 5.74) is 4.67. The van der Waals surface area contributed by atoms with Crippen LogP contribution in [0.25, 0.3) is 10.8 Å². The number of hydrogen-bond donors (Lipinski definition) is 4. The zero-order chi connectivity index (χ0) is 35.8. The molecule has 4 N–H and O–H groups in total. The lowest BCUT2D eigenvalue weighted by Gasteiger charge is -2.28. The average molecular weight is 749 g/mol. The fourth-order valence-electron chi connectivity index (χ4n) is 5.34. The van der Waals surface area contributed by atoms with Gasteiger partial charge in [-0.25, -0.2) is 9.59 Å². The molecule has 50 heavy (non-hydrogen) atoms. The maximum absolute atomic E-state index is 12.5. The van der Waals surface area contributed by atoms with Crippen LogP contribution < -0.4 is 30.3 Å². The highest BCUT2D eigenvalue weighted by molar-refractivity contribution is 9.10. The van der Waals surface area contributed by atoms with Crippen LogP contribution in [0.4, 0.5) is 10.5 Å². The van der Waals surface area contributed by atoms with Crippen LogP contribution in [0.1, 0.15) is 36.6 Å². The van der Waals surface area contributed by atoms with Crippen molar-refractivity contribution < 1.29 is 38.6 Å². The Morgan fingerprint density at radius 2 is 1.88 bits per heavy atom. The number of hydrazone groups is 1. The number of amides is 2. The fourth-order valence-corrected chi connectivity index (χ4v) is 5.92. The number of allylic oxidation sites excluding steroid dienone is 1. The molecule has 0 saturated carbocycles. The molecule has 0 aromatic heterocycles. The Labute approximate surface area is 295 Å². The van der Waals surface area contributed by atoms with Crippen molar-refractivity contribution in [3.05, 3.63) is 115 Å². The number of ether oxygens (including phenoxy) is 4. The van der Waals surface area contributed by atoms with Crippen molar-refractivity contribution in [2.75, 3.05) is 20.3 Å². The number of aliphatic hydroxyl groups is 1. The Bertz CT molecular complexity index is 1980. The molecular weight excluding hydrogens is 714 g/mol. The SMILES string of the molecule is CCOc1cc([C@@H]2NC(=O)NC(C)=C2C(=O)OC)ccc1OC[C@@H](O)N/N=C/c1cc(Br)c(OCc2cccc3ccccc23)c([N+](=O)[O-])c1. The van der Waals surface area contributed by atoms with Crippen molar-refractivity contribution in [1.82, 2.24) is 16.1 Å². The molecule has 0 spiro atoms. The van der Waals surface area contributed by atoms with Gasteiger partial charge in [0.1, 0.15) is 13.2 Å². The van der Waals surface area contributed by atoms with E-state index in [4.69, 9.17) is 18.9 Å². The molecule has 0 radical (unpaired) electrons. The number of carbonyl (C=O) groups excluding carboxylic acids is 2. The quantitative estimate of drug-likeness (QED) is 0.0416. The van der Waals surface area contributed by atoms with E-state index in [1.807, 2.05) is 42.5 Å². The Hall–Kier alpha value is -5.67. The molecule has 1 heterocycles. The highest BCUT2D eigenvalue weighted by atomic mass is 79.9. The van der Waals surface area contributed by atoms with E-state index in [1.54, 1.807) is 38.1 Å². The second kappa shape index (κ2) is 16.2. The van der Waals surface area contributed by atoms with Crippen LogP contribution in [-0.4, -0.2) is 54.8 Å².